The van der Waals surface area contributed by atoms with Crippen LogP contribution in [0.25, 0.3) is 0 Å². The van der Waals surface area contributed by atoms with Crippen LogP contribution in [0.4, 0.5) is 24.5 Å². The summed E-state index contributed by atoms with van der Waals surface area (Å²) in [7, 11) is 3.76. The van der Waals surface area contributed by atoms with Gasteiger partial charge in [-0.2, -0.15) is 13.2 Å². The van der Waals surface area contributed by atoms with E-state index >= 15 is 0 Å². The number of nitrogens with zero attached hydrogens (tertiary/aromatic N) is 2. The van der Waals surface area contributed by atoms with Crippen molar-refractivity contribution in [3.63, 3.8) is 0 Å². The molecule has 6 nitrogen and oxygen atoms in total. The molecule has 3 aromatic rings. The molecule has 5 rings (SSSR count). The topological polar surface area (TPSA) is 73.5 Å². The number of aromatic nitrogens is 1. The quantitative estimate of drug-likeness (QED) is 0.537. The molecule has 0 spiro atoms. The number of nitrogens with one attached hydrogen (secondary N) is 1. The number of halogens is 3. The first-order chi connectivity index (χ1) is 16.1. The van der Waals surface area contributed by atoms with E-state index in [1.165, 1.54) is 12.1 Å². The molecule has 2 aliphatic heterocycles. The summed E-state index contributed by atoms with van der Waals surface area (Å²) in [6.07, 6.45) is -4.73. The van der Waals surface area contributed by atoms with Gasteiger partial charge in [0.1, 0.15) is 5.25 Å². The minimum Gasteiger partial charge on any atom is -0.378 e. The Morgan fingerprint density at radius 3 is 2.29 bits per heavy atom. The second kappa shape index (κ2) is 8.02. The minimum atomic E-state index is -4.73. The van der Waals surface area contributed by atoms with E-state index < -0.39 is 46.3 Å². The summed E-state index contributed by atoms with van der Waals surface area (Å²) >= 11 is 1.99. The third kappa shape index (κ3) is 3.54. The van der Waals surface area contributed by atoms with Crippen LogP contribution in [0.5, 0.6) is 0 Å². The van der Waals surface area contributed by atoms with Crippen LogP contribution in [0.2, 0.25) is 0 Å². The predicted molar refractivity (Wildman–Crippen MR) is 125 cm³/mol. The van der Waals surface area contributed by atoms with Gasteiger partial charge in [0.25, 0.3) is 0 Å². The lowest BCUT2D eigenvalue weighted by Gasteiger charge is -2.30. The van der Waals surface area contributed by atoms with E-state index in [1.54, 1.807) is 0 Å². The number of alkyl halides is 3. The minimum absolute atomic E-state index is 0.313. The Kier molecular flexibility index (Phi) is 5.36. The van der Waals surface area contributed by atoms with Crippen molar-refractivity contribution in [2.45, 2.75) is 22.4 Å². The number of thiazole rings is 1. The highest BCUT2D eigenvalue weighted by Crippen LogP contribution is 2.54. The molecule has 1 N–H and O–H groups in total. The Hall–Kier alpha value is -3.05. The maximum atomic E-state index is 13.7. The number of benzene rings is 2. The average Bonchev–Trinajstić information content (AvgIpc) is 3.27. The van der Waals surface area contributed by atoms with Crippen molar-refractivity contribution in [2.75, 3.05) is 23.9 Å². The fraction of sp³-hybridized carbons (Fsp3) is 0.261. The van der Waals surface area contributed by atoms with Crippen LogP contribution in [-0.4, -0.2) is 36.1 Å². The second-order valence-electron chi connectivity index (χ2n) is 8.26. The van der Waals surface area contributed by atoms with Crippen molar-refractivity contribution in [3.05, 3.63) is 74.2 Å². The summed E-state index contributed by atoms with van der Waals surface area (Å²) < 4.78 is 41.1. The molecule has 0 aliphatic carbocycles. The molecule has 1 aromatic heterocycles. The molecule has 3 atom stereocenters. The molecule has 0 bridgehead atoms. The van der Waals surface area contributed by atoms with Crippen LogP contribution >= 0.6 is 23.1 Å². The molecule has 11 heteroatoms. The number of para-hydroxylation sites is 1. The number of carbonyl (C=O) groups excluding carboxylic acids is 2. The Morgan fingerprint density at radius 1 is 0.971 bits per heavy atom. The highest BCUT2D eigenvalue weighted by molar-refractivity contribution is 8.00. The van der Waals surface area contributed by atoms with E-state index in [0.29, 0.717) is 20.4 Å². The number of amides is 2. The zero-order valence-electron chi connectivity index (χ0n) is 17.9. The Bertz CT molecular complexity index is 1350. The highest BCUT2D eigenvalue weighted by Gasteiger charge is 2.57. The number of aromatic amines is 1. The van der Waals surface area contributed by atoms with Crippen molar-refractivity contribution in [2.24, 2.45) is 5.92 Å². The lowest BCUT2D eigenvalue weighted by molar-refractivity contribution is -0.137. The van der Waals surface area contributed by atoms with E-state index in [1.807, 2.05) is 43.3 Å². The van der Waals surface area contributed by atoms with E-state index in [9.17, 15) is 27.6 Å². The van der Waals surface area contributed by atoms with Gasteiger partial charge >= 0.3 is 11.0 Å². The van der Waals surface area contributed by atoms with Gasteiger partial charge in [-0.25, -0.2) is 4.90 Å². The van der Waals surface area contributed by atoms with Gasteiger partial charge < -0.3 is 9.88 Å². The van der Waals surface area contributed by atoms with Crippen LogP contribution in [0.15, 0.2) is 58.4 Å². The first-order valence-electron chi connectivity index (χ1n) is 10.3. The van der Waals surface area contributed by atoms with Gasteiger partial charge in [0.15, 0.2) is 0 Å². The van der Waals surface area contributed by atoms with Crippen LogP contribution in [0.3, 0.4) is 0 Å². The fourth-order valence-electron chi connectivity index (χ4n) is 4.50. The number of imide groups is 1. The summed E-state index contributed by atoms with van der Waals surface area (Å²) in [4.78, 5) is 44.8. The molecule has 2 aliphatic rings. The number of hydrogen-bond donors (Lipinski definition) is 1. The molecule has 3 unspecified atom stereocenters. The third-order valence-corrected chi connectivity index (χ3v) is 8.44. The fourth-order valence-corrected chi connectivity index (χ4v) is 7.02. The van der Waals surface area contributed by atoms with Crippen LogP contribution in [0.1, 0.15) is 21.9 Å². The van der Waals surface area contributed by atoms with Crippen molar-refractivity contribution in [1.29, 1.82) is 0 Å². The Balaban J connectivity index is 1.64. The molecule has 0 radical (unpaired) electrons. The molecule has 1 saturated heterocycles. The molecular weight excluding hydrogens is 487 g/mol. The first-order valence-corrected chi connectivity index (χ1v) is 12.0. The molecule has 176 valence electrons. The molecule has 3 heterocycles. The largest absolute Gasteiger partial charge is 0.418 e. The monoisotopic (exact) mass is 505 g/mol. The number of thioether (sulfide) groups is 1. The van der Waals surface area contributed by atoms with Gasteiger partial charge in [0.05, 0.1) is 22.2 Å². The molecule has 2 aromatic carbocycles. The lowest BCUT2D eigenvalue weighted by atomic mass is 9.83. The van der Waals surface area contributed by atoms with Crippen LogP contribution in [0, 0.1) is 5.92 Å². The maximum Gasteiger partial charge on any atom is 0.418 e. The van der Waals surface area contributed by atoms with E-state index in [4.69, 9.17) is 0 Å². The number of carbonyl (C=O) groups is 2. The second-order valence-corrected chi connectivity index (χ2v) is 10.4. The maximum absolute atomic E-state index is 13.7. The number of H-pyrrole nitrogens is 1. The predicted octanol–water partition coefficient (Wildman–Crippen LogP) is 4.32. The summed E-state index contributed by atoms with van der Waals surface area (Å²) in [6, 6.07) is 12.0. The molecule has 34 heavy (non-hydrogen) atoms. The molecule has 0 saturated carbocycles. The molecule has 2 amide bonds. The zero-order valence-corrected chi connectivity index (χ0v) is 19.6. The third-order valence-electron chi connectivity index (χ3n) is 6.04. The van der Waals surface area contributed by atoms with E-state index in [2.05, 4.69) is 4.98 Å². The van der Waals surface area contributed by atoms with E-state index in [-0.39, 0.29) is 4.87 Å². The van der Waals surface area contributed by atoms with Crippen molar-refractivity contribution in [3.8, 4) is 0 Å². The SMILES string of the molecule is CN(C)c1ccc(C2c3sc(=O)[nH]c3SC3C(=O)N(c4ccccc4C(F)(F)F)C(=O)C32)cc1. The zero-order chi connectivity index (χ0) is 24.4. The smallest absolute Gasteiger partial charge is 0.378 e. The van der Waals surface area contributed by atoms with Gasteiger partial charge in [-0.3, -0.25) is 14.4 Å². The number of rotatable bonds is 3. The van der Waals surface area contributed by atoms with Crippen molar-refractivity contribution < 1.29 is 22.8 Å². The van der Waals surface area contributed by atoms with Gasteiger partial charge in [-0.1, -0.05) is 47.4 Å². The van der Waals surface area contributed by atoms with Gasteiger partial charge in [0.2, 0.25) is 11.8 Å². The van der Waals surface area contributed by atoms with E-state index in [0.717, 1.165) is 40.9 Å². The number of hydrogen-bond acceptors (Lipinski definition) is 6. The van der Waals surface area contributed by atoms with Crippen molar-refractivity contribution in [1.82, 2.24) is 4.98 Å². The lowest BCUT2D eigenvalue weighted by Crippen LogP contribution is -2.33. The summed E-state index contributed by atoms with van der Waals surface area (Å²) in [5.74, 6) is -3.00. The normalized spacial score (nSPS) is 22.0. The van der Waals surface area contributed by atoms with Crippen LogP contribution in [-0.2, 0) is 15.8 Å². The molecule has 1 fully saturated rings. The number of fused-ring (bicyclic) bond motifs is 2. The molecular formula is C23H18F3N3O3S2. The Labute approximate surface area is 200 Å². The number of anilines is 2. The van der Waals surface area contributed by atoms with Crippen molar-refractivity contribution >= 4 is 46.3 Å². The highest BCUT2D eigenvalue weighted by atomic mass is 32.2. The summed E-state index contributed by atoms with van der Waals surface area (Å²) in [5.41, 5.74) is 0.112. The summed E-state index contributed by atoms with van der Waals surface area (Å²) in [6.45, 7) is 0. The standard InChI is InChI=1S/C23H18F3N3O3S2/c1-28(2)12-9-7-11(8-10-12)15-16-18(33-19-17(15)34-22(32)27-19)21(31)29(20(16)30)14-6-4-3-5-13(14)23(24,25)26/h3-10,15-16,18H,1-2H3,(H,27,32). The van der Waals surface area contributed by atoms with Gasteiger partial charge in [0, 0.05) is 30.6 Å². The summed E-state index contributed by atoms with van der Waals surface area (Å²) in [5, 5.41) is -0.477. The first kappa shape index (κ1) is 22.7. The van der Waals surface area contributed by atoms with Gasteiger partial charge in [-0.15, -0.1) is 0 Å². The average molecular weight is 506 g/mol. The van der Waals surface area contributed by atoms with Crippen LogP contribution < -0.4 is 14.7 Å². The Morgan fingerprint density at radius 2 is 1.65 bits per heavy atom. The van der Waals surface area contributed by atoms with Gasteiger partial charge in [-0.05, 0) is 29.8 Å².